The Kier molecular flexibility index (Phi) is 5.58. The number of ketones is 1. The standard InChI is InChI=1S/C28H30N2O2/c1-21-8-3-4-10-23(21)20-29-14-16-30(17-15-29)28(24-11-7-12-25(18-24)32-2)19-22-9-5-6-13-26(22)27(28)31/h3-13,18H,14-17,19-20H2,1-2H3. The molecule has 5 rings (SSSR count). The van der Waals surface area contributed by atoms with Crippen molar-refractivity contribution in [3.63, 3.8) is 0 Å². The van der Waals surface area contributed by atoms with E-state index in [2.05, 4.69) is 53.1 Å². The summed E-state index contributed by atoms with van der Waals surface area (Å²) in [5.41, 5.74) is 5.09. The van der Waals surface area contributed by atoms with Crippen molar-refractivity contribution in [2.24, 2.45) is 0 Å². The Balaban J connectivity index is 1.44. The molecule has 0 radical (unpaired) electrons. The summed E-state index contributed by atoms with van der Waals surface area (Å²) < 4.78 is 5.52. The molecule has 4 heteroatoms. The second-order valence-corrected chi connectivity index (χ2v) is 8.94. The van der Waals surface area contributed by atoms with E-state index in [4.69, 9.17) is 4.74 Å². The first-order chi connectivity index (χ1) is 15.6. The number of rotatable bonds is 5. The lowest BCUT2D eigenvalue weighted by Crippen LogP contribution is -2.58. The monoisotopic (exact) mass is 426 g/mol. The molecule has 3 aromatic rings. The van der Waals surface area contributed by atoms with Gasteiger partial charge in [-0.15, -0.1) is 0 Å². The molecule has 4 nitrogen and oxygen atoms in total. The molecule has 1 aliphatic carbocycles. The zero-order valence-corrected chi connectivity index (χ0v) is 18.9. The van der Waals surface area contributed by atoms with Crippen molar-refractivity contribution in [3.05, 3.63) is 101 Å². The Hall–Kier alpha value is -2.95. The number of aryl methyl sites for hydroxylation is 1. The van der Waals surface area contributed by atoms with Crippen LogP contribution in [0.5, 0.6) is 5.75 Å². The lowest BCUT2D eigenvalue weighted by molar-refractivity contribution is 0.0287. The molecule has 0 N–H and O–H groups in total. The van der Waals surface area contributed by atoms with Gasteiger partial charge in [-0.1, -0.05) is 60.7 Å². The van der Waals surface area contributed by atoms with Gasteiger partial charge < -0.3 is 4.74 Å². The molecule has 0 amide bonds. The lowest BCUT2D eigenvalue weighted by Gasteiger charge is -2.45. The zero-order chi connectivity index (χ0) is 22.1. The lowest BCUT2D eigenvalue weighted by atomic mass is 9.83. The van der Waals surface area contributed by atoms with Crippen molar-refractivity contribution < 1.29 is 9.53 Å². The van der Waals surface area contributed by atoms with Crippen molar-refractivity contribution in [1.29, 1.82) is 0 Å². The van der Waals surface area contributed by atoms with Crippen LogP contribution in [0.3, 0.4) is 0 Å². The summed E-state index contributed by atoms with van der Waals surface area (Å²) in [7, 11) is 1.68. The number of fused-ring (bicyclic) bond motifs is 1. The summed E-state index contributed by atoms with van der Waals surface area (Å²) in [4.78, 5) is 18.9. The van der Waals surface area contributed by atoms with E-state index >= 15 is 0 Å². The van der Waals surface area contributed by atoms with E-state index in [1.54, 1.807) is 7.11 Å². The van der Waals surface area contributed by atoms with Gasteiger partial charge in [-0.3, -0.25) is 14.6 Å². The number of benzene rings is 3. The minimum Gasteiger partial charge on any atom is -0.497 e. The molecule has 1 fully saturated rings. The molecule has 0 aromatic heterocycles. The summed E-state index contributed by atoms with van der Waals surface area (Å²) in [6.45, 7) is 6.76. The maximum Gasteiger partial charge on any atom is 0.188 e. The number of carbonyl (C=O) groups excluding carboxylic acids is 1. The molecular weight excluding hydrogens is 396 g/mol. The highest BCUT2D eigenvalue weighted by Gasteiger charge is 2.51. The molecular formula is C28H30N2O2. The summed E-state index contributed by atoms with van der Waals surface area (Å²) in [6.07, 6.45) is 0.715. The van der Waals surface area contributed by atoms with Crippen LogP contribution in [0.2, 0.25) is 0 Å². The van der Waals surface area contributed by atoms with E-state index in [0.717, 1.165) is 55.2 Å². The Morgan fingerprint density at radius 1 is 0.906 bits per heavy atom. The number of piperazine rings is 1. The number of Topliss-reactive ketones (excluding diaryl/α,β-unsaturated/α-hetero) is 1. The quantitative estimate of drug-likeness (QED) is 0.603. The fourth-order valence-electron chi connectivity index (χ4n) is 5.34. The van der Waals surface area contributed by atoms with Crippen molar-refractivity contribution in [3.8, 4) is 5.75 Å². The van der Waals surface area contributed by atoms with Crippen LogP contribution in [0.1, 0.15) is 32.6 Å². The van der Waals surface area contributed by atoms with Crippen LogP contribution >= 0.6 is 0 Å². The van der Waals surface area contributed by atoms with Crippen molar-refractivity contribution in [1.82, 2.24) is 9.80 Å². The Morgan fingerprint density at radius 3 is 2.41 bits per heavy atom. The minimum atomic E-state index is -0.660. The summed E-state index contributed by atoms with van der Waals surface area (Å²) in [6, 6.07) is 24.8. The van der Waals surface area contributed by atoms with E-state index in [0.29, 0.717) is 6.42 Å². The molecule has 32 heavy (non-hydrogen) atoms. The molecule has 2 aliphatic rings. The van der Waals surface area contributed by atoms with E-state index < -0.39 is 5.54 Å². The predicted octanol–water partition coefficient (Wildman–Crippen LogP) is 4.46. The van der Waals surface area contributed by atoms with Crippen molar-refractivity contribution >= 4 is 5.78 Å². The molecule has 1 unspecified atom stereocenters. The second-order valence-electron chi connectivity index (χ2n) is 8.94. The maximum atomic E-state index is 13.9. The van der Waals surface area contributed by atoms with E-state index in [-0.39, 0.29) is 5.78 Å². The SMILES string of the molecule is COc1cccc(C2(N3CCN(Cc4ccccc4C)CC3)Cc3ccccc3C2=O)c1. The number of carbonyl (C=O) groups is 1. The third kappa shape index (κ3) is 3.54. The van der Waals surface area contributed by atoms with Gasteiger partial charge in [0.25, 0.3) is 0 Å². The first-order valence-electron chi connectivity index (χ1n) is 11.4. The first-order valence-corrected chi connectivity index (χ1v) is 11.4. The van der Waals surface area contributed by atoms with Crippen LogP contribution in [-0.4, -0.2) is 48.9 Å². The third-order valence-corrected chi connectivity index (χ3v) is 7.20. The van der Waals surface area contributed by atoms with Gasteiger partial charge in [-0.25, -0.2) is 0 Å². The van der Waals surface area contributed by atoms with E-state index in [1.165, 1.54) is 11.1 Å². The Bertz CT molecular complexity index is 1130. The maximum absolute atomic E-state index is 13.9. The van der Waals surface area contributed by atoms with Crippen LogP contribution in [0.4, 0.5) is 0 Å². The highest BCUT2D eigenvalue weighted by Crippen LogP contribution is 2.43. The van der Waals surface area contributed by atoms with E-state index in [1.807, 2.05) is 36.4 Å². The number of ether oxygens (including phenoxy) is 1. The normalized spacial score (nSPS) is 21.5. The van der Waals surface area contributed by atoms with Crippen molar-refractivity contribution in [2.45, 2.75) is 25.4 Å². The zero-order valence-electron chi connectivity index (χ0n) is 18.9. The summed E-state index contributed by atoms with van der Waals surface area (Å²) in [5.74, 6) is 1.01. The van der Waals surface area contributed by atoms with Crippen LogP contribution in [0, 0.1) is 6.92 Å². The van der Waals surface area contributed by atoms with Gasteiger partial charge in [-0.2, -0.15) is 0 Å². The second kappa shape index (κ2) is 8.53. The highest BCUT2D eigenvalue weighted by molar-refractivity contribution is 6.08. The summed E-state index contributed by atoms with van der Waals surface area (Å²) in [5, 5.41) is 0. The molecule has 0 bridgehead atoms. The minimum absolute atomic E-state index is 0.216. The van der Waals surface area contributed by atoms with Gasteiger partial charge in [-0.05, 0) is 41.3 Å². The largest absolute Gasteiger partial charge is 0.497 e. The number of hydrogen-bond acceptors (Lipinski definition) is 4. The Labute approximate surface area is 190 Å². The average Bonchev–Trinajstić information content (AvgIpc) is 3.14. The average molecular weight is 427 g/mol. The Morgan fingerprint density at radius 2 is 1.66 bits per heavy atom. The predicted molar refractivity (Wildman–Crippen MR) is 127 cm³/mol. The molecule has 1 saturated heterocycles. The molecule has 1 heterocycles. The third-order valence-electron chi connectivity index (χ3n) is 7.20. The first kappa shape index (κ1) is 20.9. The molecule has 0 saturated carbocycles. The molecule has 1 aliphatic heterocycles. The van der Waals surface area contributed by atoms with Crippen LogP contribution in [0.15, 0.2) is 72.8 Å². The number of methoxy groups -OCH3 is 1. The van der Waals surface area contributed by atoms with Gasteiger partial charge >= 0.3 is 0 Å². The fourth-order valence-corrected chi connectivity index (χ4v) is 5.34. The van der Waals surface area contributed by atoms with Gasteiger partial charge in [0.05, 0.1) is 7.11 Å². The highest BCUT2D eigenvalue weighted by atomic mass is 16.5. The number of hydrogen-bond donors (Lipinski definition) is 0. The van der Waals surface area contributed by atoms with Gasteiger partial charge in [0, 0.05) is 44.7 Å². The van der Waals surface area contributed by atoms with Crippen LogP contribution < -0.4 is 4.74 Å². The smallest absolute Gasteiger partial charge is 0.188 e. The van der Waals surface area contributed by atoms with Crippen molar-refractivity contribution in [2.75, 3.05) is 33.3 Å². The van der Waals surface area contributed by atoms with Crippen LogP contribution in [0.25, 0.3) is 0 Å². The van der Waals surface area contributed by atoms with Crippen LogP contribution in [-0.2, 0) is 18.5 Å². The fraction of sp³-hybridized carbons (Fsp3) is 0.321. The number of nitrogens with zero attached hydrogens (tertiary/aromatic N) is 2. The molecule has 3 aromatic carbocycles. The summed E-state index contributed by atoms with van der Waals surface area (Å²) >= 11 is 0. The molecule has 1 atom stereocenters. The molecule has 164 valence electrons. The van der Waals surface area contributed by atoms with Gasteiger partial charge in [0.15, 0.2) is 5.78 Å². The van der Waals surface area contributed by atoms with E-state index in [9.17, 15) is 4.79 Å². The van der Waals surface area contributed by atoms with Gasteiger partial charge in [0.1, 0.15) is 11.3 Å². The topological polar surface area (TPSA) is 32.8 Å². The molecule has 0 spiro atoms. The van der Waals surface area contributed by atoms with Gasteiger partial charge in [0.2, 0.25) is 0 Å².